The molecule has 0 fully saturated rings. The van der Waals surface area contributed by atoms with Crippen LogP contribution in [0.15, 0.2) is 96.0 Å². The van der Waals surface area contributed by atoms with Crippen molar-refractivity contribution in [3.8, 4) is 28.1 Å². The molecule has 4 aromatic rings. The molecule has 2 heterocycles. The summed E-state index contributed by atoms with van der Waals surface area (Å²) in [5, 5.41) is 12.4. The second kappa shape index (κ2) is 8.40. The first kappa shape index (κ1) is 19.0. The maximum absolute atomic E-state index is 4.52. The summed E-state index contributed by atoms with van der Waals surface area (Å²) >= 11 is 0. The largest absolute Gasteiger partial charge is 0.365 e. The van der Waals surface area contributed by atoms with Gasteiger partial charge in [-0.15, -0.1) is 5.10 Å². The molecule has 0 atom stereocenters. The van der Waals surface area contributed by atoms with Crippen LogP contribution in [0.4, 0.5) is 0 Å². The number of hydrogen-bond donors (Lipinski definition) is 1. The minimum Gasteiger partial charge on any atom is -0.365 e. The number of rotatable bonds is 5. The van der Waals surface area contributed by atoms with Gasteiger partial charge in [-0.3, -0.25) is 4.99 Å². The van der Waals surface area contributed by atoms with Crippen molar-refractivity contribution in [3.05, 3.63) is 102 Å². The first-order valence-electron chi connectivity index (χ1n) is 10.4. The number of hydrogen-bond acceptors (Lipinski definition) is 4. The number of nitrogens with zero attached hydrogens (tertiary/aromatic N) is 4. The van der Waals surface area contributed by atoms with E-state index in [1.54, 1.807) is 0 Å². The predicted octanol–water partition coefficient (Wildman–Crippen LogP) is 4.97. The minimum absolute atomic E-state index is 0.564. The van der Waals surface area contributed by atoms with Crippen LogP contribution in [0.5, 0.6) is 0 Å². The van der Waals surface area contributed by atoms with Gasteiger partial charge in [-0.05, 0) is 41.8 Å². The summed E-state index contributed by atoms with van der Waals surface area (Å²) in [6.45, 7) is 3.41. The van der Waals surface area contributed by atoms with E-state index in [0.29, 0.717) is 6.54 Å². The van der Waals surface area contributed by atoms with Crippen molar-refractivity contribution >= 4 is 5.84 Å². The van der Waals surface area contributed by atoms with E-state index in [1.165, 1.54) is 16.7 Å². The Hall–Kier alpha value is -3.99. The molecule has 0 spiro atoms. The van der Waals surface area contributed by atoms with Crippen molar-refractivity contribution in [1.82, 2.24) is 20.3 Å². The average Bonchev–Trinajstić information content (AvgIpc) is 3.49. The van der Waals surface area contributed by atoms with Gasteiger partial charge in [-0.25, -0.2) is 4.68 Å². The molecule has 0 unspecified atom stereocenters. The molecular formula is C26H23N5. The van der Waals surface area contributed by atoms with Crippen LogP contribution in [-0.2, 0) is 6.54 Å². The van der Waals surface area contributed by atoms with Crippen LogP contribution in [0.3, 0.4) is 0 Å². The number of amidine groups is 1. The van der Waals surface area contributed by atoms with Gasteiger partial charge in [0.05, 0.1) is 24.5 Å². The summed E-state index contributed by atoms with van der Waals surface area (Å²) in [6.07, 6.45) is 4.04. The average molecular weight is 406 g/mol. The zero-order chi connectivity index (χ0) is 21.0. The van der Waals surface area contributed by atoms with Gasteiger partial charge >= 0.3 is 0 Å². The fourth-order valence-electron chi connectivity index (χ4n) is 3.80. The van der Waals surface area contributed by atoms with Gasteiger partial charge in [-0.2, -0.15) is 0 Å². The zero-order valence-electron chi connectivity index (χ0n) is 17.4. The number of aliphatic imine (C=N–C) groups is 1. The molecule has 1 N–H and O–H groups in total. The maximum Gasteiger partial charge on any atom is 0.121 e. The Balaban J connectivity index is 1.53. The van der Waals surface area contributed by atoms with Crippen LogP contribution in [0.1, 0.15) is 11.3 Å². The molecule has 0 amide bonds. The number of aryl methyl sites for hydroxylation is 1. The highest BCUT2D eigenvalue weighted by Crippen LogP contribution is 2.29. The number of nitrogens with one attached hydrogen (secondary N) is 1. The molecule has 5 rings (SSSR count). The van der Waals surface area contributed by atoms with E-state index in [2.05, 4.69) is 100 Å². The van der Waals surface area contributed by atoms with Crippen molar-refractivity contribution in [2.45, 2.75) is 13.5 Å². The molecule has 5 nitrogen and oxygen atoms in total. The quantitative estimate of drug-likeness (QED) is 0.510. The molecule has 152 valence electrons. The third-order valence-corrected chi connectivity index (χ3v) is 5.44. The molecule has 1 aromatic heterocycles. The van der Waals surface area contributed by atoms with E-state index in [9.17, 15) is 0 Å². The van der Waals surface area contributed by atoms with E-state index >= 15 is 0 Å². The summed E-state index contributed by atoms with van der Waals surface area (Å²) in [6, 6.07) is 27.2. The molecule has 0 saturated heterocycles. The third-order valence-electron chi connectivity index (χ3n) is 5.44. The molecule has 1 aliphatic rings. The van der Waals surface area contributed by atoms with Crippen molar-refractivity contribution in [2.24, 2.45) is 4.99 Å². The van der Waals surface area contributed by atoms with Gasteiger partial charge in [-0.1, -0.05) is 78.0 Å². The normalized spacial score (nSPS) is 12.7. The highest BCUT2D eigenvalue weighted by molar-refractivity contribution is 5.94. The van der Waals surface area contributed by atoms with Gasteiger partial charge in [0.15, 0.2) is 0 Å². The van der Waals surface area contributed by atoms with Gasteiger partial charge in [0.25, 0.3) is 0 Å². The molecule has 3 aromatic carbocycles. The Morgan fingerprint density at radius 2 is 1.61 bits per heavy atom. The highest BCUT2D eigenvalue weighted by atomic mass is 15.4. The van der Waals surface area contributed by atoms with E-state index in [0.717, 1.165) is 35.0 Å². The Morgan fingerprint density at radius 3 is 2.35 bits per heavy atom. The van der Waals surface area contributed by atoms with Crippen molar-refractivity contribution < 1.29 is 0 Å². The Kier molecular flexibility index (Phi) is 5.15. The lowest BCUT2D eigenvalue weighted by molar-refractivity contribution is 0.792. The smallest absolute Gasteiger partial charge is 0.121 e. The van der Waals surface area contributed by atoms with Crippen LogP contribution in [-0.4, -0.2) is 27.4 Å². The fraction of sp³-hybridized carbons (Fsp3) is 0.115. The lowest BCUT2D eigenvalue weighted by atomic mass is 10.0. The van der Waals surface area contributed by atoms with Crippen LogP contribution < -0.4 is 5.32 Å². The molecule has 0 bridgehead atoms. The predicted molar refractivity (Wildman–Crippen MR) is 125 cm³/mol. The second-order valence-corrected chi connectivity index (χ2v) is 7.51. The summed E-state index contributed by atoms with van der Waals surface area (Å²) < 4.78 is 1.93. The standard InChI is InChI=1S/C26H23N5/c1-19-8-5-6-11-23(19)26-24(18-28-25-12-7-17-27-25)29-30-31(26)22-15-13-21(14-16-22)20-9-3-2-4-10-20/h2-16H,17-18H2,1H3,(H,27,28). The first-order valence-corrected chi connectivity index (χ1v) is 10.4. The summed E-state index contributed by atoms with van der Waals surface area (Å²) in [5.74, 6) is 0.887. The number of benzene rings is 3. The van der Waals surface area contributed by atoms with E-state index < -0.39 is 0 Å². The van der Waals surface area contributed by atoms with Crippen molar-refractivity contribution in [3.63, 3.8) is 0 Å². The zero-order valence-corrected chi connectivity index (χ0v) is 17.4. The Bertz CT molecular complexity index is 1250. The SMILES string of the molecule is Cc1ccccc1-c1c(CNC2=NCC=C2)nnn1-c1ccc(-c2ccccc2)cc1. The molecule has 5 heteroatoms. The molecule has 0 aliphatic carbocycles. The third kappa shape index (κ3) is 3.90. The van der Waals surface area contributed by atoms with Crippen molar-refractivity contribution in [2.75, 3.05) is 6.54 Å². The monoisotopic (exact) mass is 405 g/mol. The molecule has 0 saturated carbocycles. The van der Waals surface area contributed by atoms with Gasteiger partial charge in [0.1, 0.15) is 11.5 Å². The lowest BCUT2D eigenvalue weighted by Gasteiger charge is -2.12. The van der Waals surface area contributed by atoms with Gasteiger partial charge in [0.2, 0.25) is 0 Å². The molecule has 1 aliphatic heterocycles. The molecule has 0 radical (unpaired) electrons. The van der Waals surface area contributed by atoms with Crippen LogP contribution in [0.25, 0.3) is 28.1 Å². The maximum atomic E-state index is 4.52. The second-order valence-electron chi connectivity index (χ2n) is 7.51. The molecule has 31 heavy (non-hydrogen) atoms. The topological polar surface area (TPSA) is 55.1 Å². The first-order chi connectivity index (χ1) is 15.3. The van der Waals surface area contributed by atoms with Crippen LogP contribution >= 0.6 is 0 Å². The fourth-order valence-corrected chi connectivity index (χ4v) is 3.80. The highest BCUT2D eigenvalue weighted by Gasteiger charge is 2.18. The summed E-state index contributed by atoms with van der Waals surface area (Å²) in [5.41, 5.74) is 7.56. The van der Waals surface area contributed by atoms with Gasteiger partial charge < -0.3 is 5.32 Å². The number of aromatic nitrogens is 3. The van der Waals surface area contributed by atoms with E-state index in [4.69, 9.17) is 0 Å². The summed E-state index contributed by atoms with van der Waals surface area (Å²) in [4.78, 5) is 4.41. The minimum atomic E-state index is 0.564. The lowest BCUT2D eigenvalue weighted by Crippen LogP contribution is -2.20. The van der Waals surface area contributed by atoms with Crippen LogP contribution in [0, 0.1) is 6.92 Å². The van der Waals surface area contributed by atoms with Crippen molar-refractivity contribution in [1.29, 1.82) is 0 Å². The Labute approximate surface area is 181 Å². The van der Waals surface area contributed by atoms with Gasteiger partial charge in [0, 0.05) is 5.56 Å². The molecular weight excluding hydrogens is 382 g/mol. The summed E-state index contributed by atoms with van der Waals surface area (Å²) in [7, 11) is 0. The Morgan fingerprint density at radius 1 is 0.871 bits per heavy atom. The van der Waals surface area contributed by atoms with Crippen LogP contribution in [0.2, 0.25) is 0 Å². The van der Waals surface area contributed by atoms with E-state index in [1.807, 2.05) is 22.9 Å². The van der Waals surface area contributed by atoms with E-state index in [-0.39, 0.29) is 0 Å².